The third-order valence-corrected chi connectivity index (χ3v) is 6.90. The molecule has 1 aliphatic rings. The van der Waals surface area contributed by atoms with Gasteiger partial charge in [-0.05, 0) is 37.1 Å². The number of halogens is 1. The van der Waals surface area contributed by atoms with Crippen LogP contribution in [0.15, 0.2) is 34.0 Å². The molecule has 0 radical (unpaired) electrons. The van der Waals surface area contributed by atoms with Gasteiger partial charge >= 0.3 is 0 Å². The van der Waals surface area contributed by atoms with Crippen molar-refractivity contribution in [3.05, 3.63) is 35.5 Å². The summed E-state index contributed by atoms with van der Waals surface area (Å²) in [4.78, 5) is 16.6. The molecule has 0 bridgehead atoms. The first-order chi connectivity index (χ1) is 14.2. The van der Waals surface area contributed by atoms with E-state index in [1.165, 1.54) is 46.6 Å². The Hall–Kier alpha value is -2.08. The number of rotatable bonds is 8. The van der Waals surface area contributed by atoms with E-state index in [2.05, 4.69) is 25.8 Å². The number of ether oxygens (including phenoxy) is 1. The molecule has 0 aliphatic carbocycles. The average molecular weight is 452 g/mol. The predicted molar refractivity (Wildman–Crippen MR) is 114 cm³/mol. The van der Waals surface area contributed by atoms with Crippen molar-refractivity contribution in [1.29, 1.82) is 0 Å². The molecule has 1 atom stereocenters. The molecule has 3 aromatic rings. The van der Waals surface area contributed by atoms with E-state index < -0.39 is 0 Å². The minimum atomic E-state index is -0.295. The van der Waals surface area contributed by atoms with Gasteiger partial charge in [-0.25, -0.2) is 9.37 Å². The highest BCUT2D eigenvalue weighted by Gasteiger charge is 2.16. The average Bonchev–Trinajstić information content (AvgIpc) is 3.47. The molecule has 152 valence electrons. The molecule has 11 heteroatoms. The minimum Gasteiger partial charge on any atom is -0.376 e. The number of nitrogens with zero attached hydrogens (tertiary/aromatic N) is 3. The van der Waals surface area contributed by atoms with Gasteiger partial charge in [0.1, 0.15) is 5.82 Å². The Morgan fingerprint density at radius 3 is 2.93 bits per heavy atom. The molecule has 7 nitrogen and oxygen atoms in total. The summed E-state index contributed by atoms with van der Waals surface area (Å²) in [6, 6.07) is 6.09. The van der Waals surface area contributed by atoms with Crippen LogP contribution in [-0.2, 0) is 9.53 Å². The van der Waals surface area contributed by atoms with E-state index in [9.17, 15) is 9.18 Å². The number of hydrogen-bond donors (Lipinski definition) is 2. The van der Waals surface area contributed by atoms with Crippen LogP contribution in [0, 0.1) is 5.82 Å². The summed E-state index contributed by atoms with van der Waals surface area (Å²) in [6.45, 7) is 1.55. The Kier molecular flexibility index (Phi) is 6.70. The van der Waals surface area contributed by atoms with Gasteiger partial charge in [0.15, 0.2) is 9.47 Å². The highest BCUT2D eigenvalue weighted by Crippen LogP contribution is 2.27. The molecule has 1 saturated heterocycles. The monoisotopic (exact) mass is 451 g/mol. The van der Waals surface area contributed by atoms with E-state index in [1.807, 2.05) is 5.38 Å². The zero-order chi connectivity index (χ0) is 20.1. The lowest BCUT2D eigenvalue weighted by Gasteiger charge is -2.08. The molecule has 0 saturated carbocycles. The highest BCUT2D eigenvalue weighted by atomic mass is 32.2. The smallest absolute Gasteiger partial charge is 0.236 e. The molecular formula is C18H18FN5O2S3. The maximum absolute atomic E-state index is 13.0. The SMILES string of the molecule is O=C(CSc1nnc(NC[C@H]2CCCO2)s1)Nc1nc(-c2ccc(F)cc2)cs1. The molecule has 1 fully saturated rings. The lowest BCUT2D eigenvalue weighted by Crippen LogP contribution is -2.18. The van der Waals surface area contributed by atoms with Crippen LogP contribution in [0.5, 0.6) is 0 Å². The van der Waals surface area contributed by atoms with E-state index in [4.69, 9.17) is 4.74 Å². The van der Waals surface area contributed by atoms with E-state index in [0.29, 0.717) is 10.8 Å². The molecule has 2 N–H and O–H groups in total. The molecule has 1 aliphatic heterocycles. The molecule has 2 aromatic heterocycles. The van der Waals surface area contributed by atoms with Crippen molar-refractivity contribution in [2.45, 2.75) is 23.3 Å². The van der Waals surface area contributed by atoms with Gasteiger partial charge in [-0.15, -0.1) is 21.5 Å². The second-order valence-corrected chi connectivity index (χ2v) is 9.33. The van der Waals surface area contributed by atoms with E-state index in [1.54, 1.807) is 12.1 Å². The third kappa shape index (κ3) is 5.72. The number of aromatic nitrogens is 3. The van der Waals surface area contributed by atoms with Crippen LogP contribution in [0.1, 0.15) is 12.8 Å². The first-order valence-corrected chi connectivity index (χ1v) is 11.7. The number of hydrogen-bond acceptors (Lipinski definition) is 9. The fourth-order valence-corrected chi connectivity index (χ4v) is 5.01. The number of carbonyl (C=O) groups is 1. The largest absolute Gasteiger partial charge is 0.376 e. The fraction of sp³-hybridized carbons (Fsp3) is 0.333. The van der Waals surface area contributed by atoms with Crippen LogP contribution in [0.3, 0.4) is 0 Å². The van der Waals surface area contributed by atoms with Gasteiger partial charge in [0.05, 0.1) is 17.6 Å². The number of nitrogens with one attached hydrogen (secondary N) is 2. The highest BCUT2D eigenvalue weighted by molar-refractivity contribution is 8.01. The maximum Gasteiger partial charge on any atom is 0.236 e. The Bertz CT molecular complexity index is 957. The number of thioether (sulfide) groups is 1. The van der Waals surface area contributed by atoms with Crippen molar-refractivity contribution < 1.29 is 13.9 Å². The van der Waals surface area contributed by atoms with Crippen LogP contribution in [0.25, 0.3) is 11.3 Å². The standard InChI is InChI=1S/C18H18FN5O2S3/c19-12-5-3-11(4-6-12)14-9-27-17(21-14)22-15(25)10-28-18-24-23-16(29-18)20-8-13-2-1-7-26-13/h3-6,9,13H,1-2,7-8,10H2,(H,20,23)(H,21,22,25)/t13-/m1/s1. The van der Waals surface area contributed by atoms with Gasteiger partial charge in [0.2, 0.25) is 11.0 Å². The van der Waals surface area contributed by atoms with Gasteiger partial charge in [-0.2, -0.15) is 0 Å². The molecule has 0 spiro atoms. The number of carbonyl (C=O) groups excluding carboxylic acids is 1. The molecular weight excluding hydrogens is 433 g/mol. The Morgan fingerprint density at radius 2 is 2.14 bits per heavy atom. The Balaban J connectivity index is 1.23. The molecule has 0 unspecified atom stereocenters. The van der Waals surface area contributed by atoms with Crippen LogP contribution in [0.2, 0.25) is 0 Å². The quantitative estimate of drug-likeness (QED) is 0.498. The molecule has 1 amide bonds. The van der Waals surface area contributed by atoms with Crippen molar-refractivity contribution in [2.75, 3.05) is 29.5 Å². The summed E-state index contributed by atoms with van der Waals surface area (Å²) >= 11 is 4.07. The molecule has 1 aromatic carbocycles. The topological polar surface area (TPSA) is 89.0 Å². The second kappa shape index (κ2) is 9.61. The van der Waals surface area contributed by atoms with Crippen LogP contribution >= 0.6 is 34.4 Å². The van der Waals surface area contributed by atoms with Gasteiger partial charge in [0, 0.05) is 24.1 Å². The third-order valence-electron chi connectivity index (χ3n) is 4.13. The normalized spacial score (nSPS) is 16.1. The van der Waals surface area contributed by atoms with Crippen molar-refractivity contribution in [2.24, 2.45) is 0 Å². The second-order valence-electron chi connectivity index (χ2n) is 6.27. The van der Waals surface area contributed by atoms with Crippen molar-refractivity contribution in [1.82, 2.24) is 15.2 Å². The van der Waals surface area contributed by atoms with Crippen molar-refractivity contribution in [3.8, 4) is 11.3 Å². The lowest BCUT2D eigenvalue weighted by atomic mass is 10.2. The molecule has 3 heterocycles. The summed E-state index contributed by atoms with van der Waals surface area (Å²) in [5, 5.41) is 17.3. The van der Waals surface area contributed by atoms with Gasteiger partial charge in [0.25, 0.3) is 0 Å². The van der Waals surface area contributed by atoms with Crippen LogP contribution < -0.4 is 10.6 Å². The summed E-state index contributed by atoms with van der Waals surface area (Å²) in [5.41, 5.74) is 1.50. The van der Waals surface area contributed by atoms with Crippen molar-refractivity contribution >= 4 is 50.6 Å². The number of anilines is 2. The maximum atomic E-state index is 13.0. The zero-order valence-corrected chi connectivity index (χ0v) is 17.7. The summed E-state index contributed by atoms with van der Waals surface area (Å²) < 4.78 is 19.3. The Morgan fingerprint density at radius 1 is 1.28 bits per heavy atom. The van der Waals surface area contributed by atoms with Gasteiger partial charge in [-0.3, -0.25) is 4.79 Å². The summed E-state index contributed by atoms with van der Waals surface area (Å²) in [6.07, 6.45) is 2.40. The number of amides is 1. The van der Waals surface area contributed by atoms with Gasteiger partial charge in [-0.1, -0.05) is 23.1 Å². The van der Waals surface area contributed by atoms with E-state index in [0.717, 1.165) is 41.0 Å². The van der Waals surface area contributed by atoms with Crippen LogP contribution in [0.4, 0.5) is 14.7 Å². The van der Waals surface area contributed by atoms with Crippen LogP contribution in [-0.4, -0.2) is 46.1 Å². The lowest BCUT2D eigenvalue weighted by molar-refractivity contribution is -0.113. The first kappa shape index (κ1) is 20.2. The first-order valence-electron chi connectivity index (χ1n) is 8.99. The van der Waals surface area contributed by atoms with E-state index >= 15 is 0 Å². The molecule has 4 rings (SSSR count). The Labute approximate surface area is 179 Å². The predicted octanol–water partition coefficient (Wildman–Crippen LogP) is 4.12. The van der Waals surface area contributed by atoms with Gasteiger partial charge < -0.3 is 15.4 Å². The number of benzene rings is 1. The summed E-state index contributed by atoms with van der Waals surface area (Å²) in [7, 11) is 0. The zero-order valence-electron chi connectivity index (χ0n) is 15.3. The molecule has 29 heavy (non-hydrogen) atoms. The summed E-state index contributed by atoms with van der Waals surface area (Å²) in [5.74, 6) is -0.248. The minimum absolute atomic E-state index is 0.168. The van der Waals surface area contributed by atoms with E-state index in [-0.39, 0.29) is 23.6 Å². The van der Waals surface area contributed by atoms with Crippen molar-refractivity contribution in [3.63, 3.8) is 0 Å². The fourth-order valence-electron chi connectivity index (χ4n) is 2.71. The number of thiazole rings is 1.